The zero-order valence-electron chi connectivity index (χ0n) is 14.9. The summed E-state index contributed by atoms with van der Waals surface area (Å²) in [6, 6.07) is 5.97. The minimum atomic E-state index is -0.218. The third-order valence-corrected chi connectivity index (χ3v) is 5.10. The van der Waals surface area contributed by atoms with E-state index in [1.165, 1.54) is 0 Å². The Bertz CT molecular complexity index is 836. The molecule has 136 valence electrons. The molecule has 7 heteroatoms. The van der Waals surface area contributed by atoms with E-state index in [0.717, 1.165) is 50.3 Å². The van der Waals surface area contributed by atoms with Gasteiger partial charge in [0.1, 0.15) is 17.1 Å². The van der Waals surface area contributed by atoms with Gasteiger partial charge in [0, 0.05) is 45.1 Å². The van der Waals surface area contributed by atoms with Gasteiger partial charge >= 0.3 is 0 Å². The van der Waals surface area contributed by atoms with Crippen LogP contribution in [-0.2, 0) is 4.74 Å². The number of aliphatic hydroxyl groups excluding tert-OH is 1. The molecule has 2 saturated heterocycles. The van der Waals surface area contributed by atoms with Crippen molar-refractivity contribution in [3.05, 3.63) is 30.1 Å². The summed E-state index contributed by atoms with van der Waals surface area (Å²) < 4.78 is 6.14. The van der Waals surface area contributed by atoms with Gasteiger partial charge in [0.2, 0.25) is 0 Å². The molecule has 0 saturated carbocycles. The van der Waals surface area contributed by atoms with Crippen molar-refractivity contribution < 1.29 is 9.84 Å². The van der Waals surface area contributed by atoms with Crippen molar-refractivity contribution in [2.75, 3.05) is 37.6 Å². The molecule has 1 aromatic carbocycles. The van der Waals surface area contributed by atoms with E-state index in [2.05, 4.69) is 32.8 Å². The van der Waals surface area contributed by atoms with Crippen molar-refractivity contribution in [3.8, 4) is 6.07 Å². The second-order valence-corrected chi connectivity index (χ2v) is 7.17. The molecule has 3 atom stereocenters. The molecule has 2 aromatic rings. The molecule has 2 aliphatic heterocycles. The molecule has 26 heavy (non-hydrogen) atoms. The molecule has 0 aliphatic carbocycles. The highest BCUT2D eigenvalue weighted by Gasteiger charge is 2.30. The number of anilines is 1. The first-order valence-corrected chi connectivity index (χ1v) is 9.08. The number of rotatable bonds is 3. The van der Waals surface area contributed by atoms with E-state index in [9.17, 15) is 10.4 Å². The summed E-state index contributed by atoms with van der Waals surface area (Å²) in [5.74, 6) is 0. The first-order chi connectivity index (χ1) is 12.6. The zero-order chi connectivity index (χ0) is 18.1. The number of aliphatic hydroxyl groups is 1. The number of aromatic nitrogens is 2. The lowest BCUT2D eigenvalue weighted by atomic mass is 10.1. The molecule has 0 bridgehead atoms. The van der Waals surface area contributed by atoms with Gasteiger partial charge in [-0.15, -0.1) is 0 Å². The molecular formula is C19H23N5O2. The molecule has 0 unspecified atom stereocenters. The normalized spacial score (nSPS) is 27.0. The highest BCUT2D eigenvalue weighted by Crippen LogP contribution is 2.29. The van der Waals surface area contributed by atoms with Gasteiger partial charge in [0.25, 0.3) is 0 Å². The lowest BCUT2D eigenvalue weighted by Gasteiger charge is -2.39. The molecule has 1 N–H and O–H groups in total. The SMILES string of the molecule is C[C@@H]1CN(c2ccc(C#N)c3nccnc23)C[C@H](CN2CC[C@@H](O)C2)O1. The van der Waals surface area contributed by atoms with E-state index in [-0.39, 0.29) is 18.3 Å². The monoisotopic (exact) mass is 353 g/mol. The molecule has 4 rings (SSSR count). The molecule has 2 aliphatic rings. The van der Waals surface area contributed by atoms with Crippen molar-refractivity contribution in [1.29, 1.82) is 5.26 Å². The van der Waals surface area contributed by atoms with Crippen molar-refractivity contribution in [3.63, 3.8) is 0 Å². The van der Waals surface area contributed by atoms with E-state index < -0.39 is 0 Å². The number of morpholine rings is 1. The Morgan fingerprint density at radius 2 is 2.04 bits per heavy atom. The zero-order valence-corrected chi connectivity index (χ0v) is 14.9. The molecule has 2 fully saturated rings. The van der Waals surface area contributed by atoms with Crippen LogP contribution in [0.15, 0.2) is 24.5 Å². The summed E-state index contributed by atoms with van der Waals surface area (Å²) in [7, 11) is 0. The van der Waals surface area contributed by atoms with Gasteiger partial charge in [-0.3, -0.25) is 14.9 Å². The van der Waals surface area contributed by atoms with E-state index in [1.54, 1.807) is 12.4 Å². The van der Waals surface area contributed by atoms with Crippen LogP contribution in [0.1, 0.15) is 18.9 Å². The summed E-state index contributed by atoms with van der Waals surface area (Å²) in [6.45, 7) is 6.07. The number of benzene rings is 1. The minimum Gasteiger partial charge on any atom is -0.392 e. The Labute approximate surface area is 152 Å². The van der Waals surface area contributed by atoms with Gasteiger partial charge in [-0.2, -0.15) is 5.26 Å². The highest BCUT2D eigenvalue weighted by molar-refractivity contribution is 5.92. The smallest absolute Gasteiger partial charge is 0.113 e. The van der Waals surface area contributed by atoms with Gasteiger partial charge in [-0.1, -0.05) is 0 Å². The third kappa shape index (κ3) is 3.36. The molecule has 0 radical (unpaired) electrons. The van der Waals surface area contributed by atoms with Crippen LogP contribution in [0.5, 0.6) is 0 Å². The number of nitriles is 1. The fraction of sp³-hybridized carbons (Fsp3) is 0.526. The summed E-state index contributed by atoms with van der Waals surface area (Å²) in [5, 5.41) is 19.1. The van der Waals surface area contributed by atoms with Crippen LogP contribution in [0.2, 0.25) is 0 Å². The first-order valence-electron chi connectivity index (χ1n) is 9.08. The second kappa shape index (κ2) is 7.16. The lowest BCUT2D eigenvalue weighted by molar-refractivity contribution is -0.0304. The van der Waals surface area contributed by atoms with Crippen LogP contribution >= 0.6 is 0 Å². The topological polar surface area (TPSA) is 85.5 Å². The van der Waals surface area contributed by atoms with Gasteiger partial charge in [0.05, 0.1) is 29.6 Å². The first kappa shape index (κ1) is 17.2. The van der Waals surface area contributed by atoms with Gasteiger partial charge in [-0.25, -0.2) is 0 Å². The average Bonchev–Trinajstić information content (AvgIpc) is 3.05. The number of ether oxygens (including phenoxy) is 1. The Morgan fingerprint density at radius 1 is 1.23 bits per heavy atom. The largest absolute Gasteiger partial charge is 0.392 e. The number of likely N-dealkylation sites (tertiary alicyclic amines) is 1. The summed E-state index contributed by atoms with van der Waals surface area (Å²) in [4.78, 5) is 13.4. The Hall–Kier alpha value is -2.27. The maximum Gasteiger partial charge on any atom is 0.113 e. The predicted molar refractivity (Wildman–Crippen MR) is 97.9 cm³/mol. The van der Waals surface area contributed by atoms with Crippen molar-refractivity contribution in [1.82, 2.24) is 14.9 Å². The molecule has 3 heterocycles. The molecule has 0 spiro atoms. The van der Waals surface area contributed by atoms with E-state index in [0.29, 0.717) is 11.1 Å². The quantitative estimate of drug-likeness (QED) is 0.886. The molecule has 1 aromatic heterocycles. The van der Waals surface area contributed by atoms with E-state index in [4.69, 9.17) is 4.74 Å². The number of fused-ring (bicyclic) bond motifs is 1. The van der Waals surface area contributed by atoms with Gasteiger partial charge in [-0.05, 0) is 25.5 Å². The van der Waals surface area contributed by atoms with Crippen LogP contribution in [0, 0.1) is 11.3 Å². The Balaban J connectivity index is 1.59. The summed E-state index contributed by atoms with van der Waals surface area (Å²) in [5.41, 5.74) is 2.94. The fourth-order valence-corrected chi connectivity index (χ4v) is 4.00. The average molecular weight is 353 g/mol. The summed E-state index contributed by atoms with van der Waals surface area (Å²) in [6.07, 6.45) is 4.08. The van der Waals surface area contributed by atoms with Crippen molar-refractivity contribution >= 4 is 16.7 Å². The molecule has 0 amide bonds. The van der Waals surface area contributed by atoms with Crippen molar-refractivity contribution in [2.24, 2.45) is 0 Å². The Kier molecular flexibility index (Phi) is 4.72. The van der Waals surface area contributed by atoms with E-state index >= 15 is 0 Å². The third-order valence-electron chi connectivity index (χ3n) is 5.10. The highest BCUT2D eigenvalue weighted by atomic mass is 16.5. The number of hydrogen-bond acceptors (Lipinski definition) is 7. The lowest BCUT2D eigenvalue weighted by Crippen LogP contribution is -2.50. The maximum absolute atomic E-state index is 9.74. The standard InChI is InChI=1S/C19H23N5O2/c1-13-9-24(12-16(26-13)11-23-7-4-15(25)10-23)17-3-2-14(8-20)18-19(17)22-6-5-21-18/h2-3,5-6,13,15-16,25H,4,7,9-12H2,1H3/t13-,15-,16+/m1/s1. The van der Waals surface area contributed by atoms with Crippen molar-refractivity contribution in [2.45, 2.75) is 31.7 Å². The molecule has 7 nitrogen and oxygen atoms in total. The number of β-amino-alcohol motifs (C(OH)–C–C–N with tert-alkyl or cyclic N) is 1. The minimum absolute atomic E-state index is 0.0754. The maximum atomic E-state index is 9.74. The second-order valence-electron chi connectivity index (χ2n) is 7.17. The number of hydrogen-bond donors (Lipinski definition) is 1. The predicted octanol–water partition coefficient (Wildman–Crippen LogP) is 1.16. The van der Waals surface area contributed by atoms with Crippen LogP contribution in [0.4, 0.5) is 5.69 Å². The van der Waals surface area contributed by atoms with Gasteiger partial charge in [0.15, 0.2) is 0 Å². The van der Waals surface area contributed by atoms with Crippen LogP contribution in [0.25, 0.3) is 11.0 Å². The summed E-state index contributed by atoms with van der Waals surface area (Å²) >= 11 is 0. The van der Waals surface area contributed by atoms with Crippen LogP contribution < -0.4 is 4.90 Å². The van der Waals surface area contributed by atoms with Crippen LogP contribution in [0.3, 0.4) is 0 Å². The fourth-order valence-electron chi connectivity index (χ4n) is 4.00. The number of nitrogens with zero attached hydrogens (tertiary/aromatic N) is 5. The Morgan fingerprint density at radius 3 is 2.77 bits per heavy atom. The van der Waals surface area contributed by atoms with E-state index in [1.807, 2.05) is 12.1 Å². The van der Waals surface area contributed by atoms with Crippen LogP contribution in [-0.4, -0.2) is 71.0 Å². The van der Waals surface area contributed by atoms with Gasteiger partial charge < -0.3 is 14.7 Å². The molecular weight excluding hydrogens is 330 g/mol.